The Hall–Kier alpha value is -1.40. The van der Waals surface area contributed by atoms with Gasteiger partial charge in [0.1, 0.15) is 0 Å². The van der Waals surface area contributed by atoms with E-state index >= 15 is 0 Å². The molecule has 1 aromatic heterocycles. The molecule has 104 valence electrons. The summed E-state index contributed by atoms with van der Waals surface area (Å²) in [6.45, 7) is 5.79. The predicted molar refractivity (Wildman–Crippen MR) is 69.7 cm³/mol. The van der Waals surface area contributed by atoms with Crippen LogP contribution in [0.15, 0.2) is 18.5 Å². The van der Waals surface area contributed by atoms with Crippen LogP contribution in [-0.4, -0.2) is 71.4 Å². The molecular formula is C13H20N4O2. The minimum Gasteiger partial charge on any atom is -0.379 e. The lowest BCUT2D eigenvalue weighted by atomic mass is 10.1. The van der Waals surface area contributed by atoms with Gasteiger partial charge >= 0.3 is 0 Å². The highest BCUT2D eigenvalue weighted by Gasteiger charge is 2.28. The summed E-state index contributed by atoms with van der Waals surface area (Å²) in [6, 6.07) is 2.46. The third-order valence-electron chi connectivity index (χ3n) is 3.84. The van der Waals surface area contributed by atoms with Crippen molar-refractivity contribution in [3.63, 3.8) is 0 Å². The van der Waals surface area contributed by atoms with Gasteiger partial charge in [-0.05, 0) is 6.07 Å². The molecule has 0 N–H and O–H groups in total. The summed E-state index contributed by atoms with van der Waals surface area (Å²) in [5.74, 6) is 0.224. The first kappa shape index (κ1) is 12.6. The second kappa shape index (κ2) is 5.71. The molecule has 3 rings (SSSR count). The first-order chi connectivity index (χ1) is 9.33. The van der Waals surface area contributed by atoms with E-state index < -0.39 is 0 Å². The Kier molecular flexibility index (Phi) is 3.79. The summed E-state index contributed by atoms with van der Waals surface area (Å²) in [6.07, 6.45) is 4.35. The zero-order chi connectivity index (χ0) is 13.1. The number of hydrogen-bond acceptors (Lipinski definition) is 4. The van der Waals surface area contributed by atoms with E-state index in [-0.39, 0.29) is 5.91 Å². The summed E-state index contributed by atoms with van der Waals surface area (Å²) in [4.78, 5) is 16.1. The van der Waals surface area contributed by atoms with Crippen molar-refractivity contribution in [1.29, 1.82) is 0 Å². The van der Waals surface area contributed by atoms with Crippen molar-refractivity contribution in [3.05, 3.63) is 18.5 Å². The fourth-order valence-corrected chi connectivity index (χ4v) is 2.61. The summed E-state index contributed by atoms with van der Waals surface area (Å²) in [5.41, 5.74) is 0. The molecule has 0 aliphatic carbocycles. The lowest BCUT2D eigenvalue weighted by Gasteiger charge is -2.40. The van der Waals surface area contributed by atoms with Gasteiger partial charge in [0, 0.05) is 45.1 Å². The van der Waals surface area contributed by atoms with E-state index in [0.717, 1.165) is 32.7 Å². The van der Waals surface area contributed by atoms with Crippen LogP contribution in [0.4, 0.5) is 0 Å². The molecule has 0 atom stereocenters. The Balaban J connectivity index is 1.40. The fraction of sp³-hybridized carbons (Fsp3) is 0.692. The van der Waals surface area contributed by atoms with Crippen LogP contribution in [-0.2, 0) is 9.53 Å². The van der Waals surface area contributed by atoms with Crippen LogP contribution in [0.3, 0.4) is 0 Å². The number of carbonyl (C=O) groups is 1. The number of aromatic nitrogens is 2. The largest absolute Gasteiger partial charge is 0.379 e. The Morgan fingerprint density at radius 3 is 3.00 bits per heavy atom. The molecule has 6 nitrogen and oxygen atoms in total. The van der Waals surface area contributed by atoms with Crippen molar-refractivity contribution < 1.29 is 9.53 Å². The smallest absolute Gasteiger partial charge is 0.225 e. The highest BCUT2D eigenvalue weighted by atomic mass is 16.5. The molecule has 6 heteroatoms. The quantitative estimate of drug-likeness (QED) is 0.767. The average molecular weight is 264 g/mol. The summed E-state index contributed by atoms with van der Waals surface area (Å²) in [5, 5.41) is 4.26. The van der Waals surface area contributed by atoms with Crippen LogP contribution in [0.25, 0.3) is 0 Å². The molecule has 0 aromatic carbocycles. The van der Waals surface area contributed by atoms with Crippen LogP contribution in [0.5, 0.6) is 0 Å². The van der Waals surface area contributed by atoms with Gasteiger partial charge in [0.2, 0.25) is 5.91 Å². The third-order valence-corrected chi connectivity index (χ3v) is 3.84. The lowest BCUT2D eigenvalue weighted by Crippen LogP contribution is -2.51. The van der Waals surface area contributed by atoms with E-state index in [9.17, 15) is 4.79 Å². The van der Waals surface area contributed by atoms with E-state index in [2.05, 4.69) is 10.00 Å². The molecule has 0 unspecified atom stereocenters. The van der Waals surface area contributed by atoms with Gasteiger partial charge in [-0.3, -0.25) is 14.4 Å². The normalized spacial score (nSPS) is 22.3. The lowest BCUT2D eigenvalue weighted by molar-refractivity contribution is -0.130. The van der Waals surface area contributed by atoms with Gasteiger partial charge in [-0.25, -0.2) is 0 Å². The van der Waals surface area contributed by atoms with Crippen molar-refractivity contribution in [1.82, 2.24) is 19.6 Å². The minimum absolute atomic E-state index is 0.224. The Labute approximate surface area is 112 Å². The van der Waals surface area contributed by atoms with Gasteiger partial charge in [-0.15, -0.1) is 0 Å². The van der Waals surface area contributed by atoms with E-state index in [1.54, 1.807) is 0 Å². The summed E-state index contributed by atoms with van der Waals surface area (Å²) < 4.78 is 7.34. The summed E-state index contributed by atoms with van der Waals surface area (Å²) >= 11 is 0. The van der Waals surface area contributed by atoms with Crippen LogP contribution < -0.4 is 0 Å². The molecule has 2 saturated heterocycles. The molecule has 2 fully saturated rings. The molecule has 0 bridgehead atoms. The first-order valence-electron chi connectivity index (χ1n) is 6.90. The Morgan fingerprint density at radius 2 is 2.21 bits per heavy atom. The summed E-state index contributed by atoms with van der Waals surface area (Å²) in [7, 11) is 0. The van der Waals surface area contributed by atoms with Gasteiger partial charge in [0.05, 0.1) is 25.7 Å². The van der Waals surface area contributed by atoms with Crippen LogP contribution in [0.1, 0.15) is 12.5 Å². The van der Waals surface area contributed by atoms with E-state index in [4.69, 9.17) is 4.74 Å². The molecule has 19 heavy (non-hydrogen) atoms. The molecule has 2 aliphatic heterocycles. The molecule has 1 aromatic rings. The molecule has 0 saturated carbocycles. The van der Waals surface area contributed by atoms with Gasteiger partial charge in [0.25, 0.3) is 0 Å². The van der Waals surface area contributed by atoms with Gasteiger partial charge in [-0.2, -0.15) is 5.10 Å². The standard InChI is InChI=1S/C13H20N4O2/c18-13-2-8-19-9-7-16(13)6-5-15-10-12(11-15)17-4-1-3-14-17/h1,3-4,12H,2,5-11H2. The van der Waals surface area contributed by atoms with Crippen molar-refractivity contribution in [2.75, 3.05) is 45.9 Å². The van der Waals surface area contributed by atoms with Gasteiger partial charge in [0.15, 0.2) is 0 Å². The van der Waals surface area contributed by atoms with E-state index in [1.165, 1.54) is 0 Å². The second-order valence-corrected chi connectivity index (χ2v) is 5.14. The van der Waals surface area contributed by atoms with Crippen LogP contribution in [0, 0.1) is 0 Å². The fourth-order valence-electron chi connectivity index (χ4n) is 2.61. The SMILES string of the molecule is O=C1CCOCCN1CCN1CC(n2cccn2)C1. The maximum absolute atomic E-state index is 11.8. The minimum atomic E-state index is 0.224. The van der Waals surface area contributed by atoms with Gasteiger partial charge in [-0.1, -0.05) is 0 Å². The zero-order valence-electron chi connectivity index (χ0n) is 11.1. The first-order valence-corrected chi connectivity index (χ1v) is 6.90. The topological polar surface area (TPSA) is 50.6 Å². The van der Waals surface area contributed by atoms with Gasteiger partial charge < -0.3 is 9.64 Å². The molecule has 3 heterocycles. The van der Waals surface area contributed by atoms with Crippen molar-refractivity contribution in [3.8, 4) is 0 Å². The number of amides is 1. The zero-order valence-corrected chi connectivity index (χ0v) is 11.1. The van der Waals surface area contributed by atoms with Crippen molar-refractivity contribution in [2.24, 2.45) is 0 Å². The Morgan fingerprint density at radius 1 is 1.32 bits per heavy atom. The highest BCUT2D eigenvalue weighted by molar-refractivity contribution is 5.76. The second-order valence-electron chi connectivity index (χ2n) is 5.14. The van der Waals surface area contributed by atoms with E-state index in [1.807, 2.05) is 28.0 Å². The number of rotatable bonds is 4. The Bertz CT molecular complexity index is 414. The monoisotopic (exact) mass is 264 g/mol. The maximum Gasteiger partial charge on any atom is 0.225 e. The molecular weight excluding hydrogens is 244 g/mol. The van der Waals surface area contributed by atoms with Crippen molar-refractivity contribution >= 4 is 5.91 Å². The third kappa shape index (κ3) is 2.96. The van der Waals surface area contributed by atoms with E-state index in [0.29, 0.717) is 25.7 Å². The van der Waals surface area contributed by atoms with Crippen LogP contribution in [0.2, 0.25) is 0 Å². The predicted octanol–water partition coefficient (Wildman–Crippen LogP) is -0.0113. The molecule has 0 radical (unpaired) electrons. The number of likely N-dealkylation sites (tertiary alicyclic amines) is 1. The van der Waals surface area contributed by atoms with Crippen molar-refractivity contribution in [2.45, 2.75) is 12.5 Å². The number of nitrogens with zero attached hydrogens (tertiary/aromatic N) is 4. The molecule has 1 amide bonds. The highest BCUT2D eigenvalue weighted by Crippen LogP contribution is 2.19. The number of carbonyl (C=O) groups excluding carboxylic acids is 1. The average Bonchev–Trinajstić information content (AvgIpc) is 2.79. The number of ether oxygens (including phenoxy) is 1. The molecule has 2 aliphatic rings. The maximum atomic E-state index is 11.8. The number of hydrogen-bond donors (Lipinski definition) is 0. The molecule has 0 spiro atoms. The van der Waals surface area contributed by atoms with Crippen LogP contribution >= 0.6 is 0 Å².